The van der Waals surface area contributed by atoms with Crippen molar-refractivity contribution in [2.45, 2.75) is 25.9 Å². The fourth-order valence-electron chi connectivity index (χ4n) is 2.78. The van der Waals surface area contributed by atoms with Gasteiger partial charge in [0, 0.05) is 24.7 Å². The maximum absolute atomic E-state index is 13.8. The van der Waals surface area contributed by atoms with Crippen LogP contribution in [-0.2, 0) is 6.54 Å². The summed E-state index contributed by atoms with van der Waals surface area (Å²) in [5.41, 5.74) is 1.57. The van der Waals surface area contributed by atoms with E-state index in [0.717, 1.165) is 5.57 Å². The second kappa shape index (κ2) is 7.25. The lowest BCUT2D eigenvalue weighted by atomic mass is 9.99. The Balaban J connectivity index is 1.55. The number of hydrogen-bond donors (Lipinski definition) is 1. The molecule has 1 N–H and O–H groups in total. The van der Waals surface area contributed by atoms with E-state index in [0.29, 0.717) is 31.6 Å². The zero-order chi connectivity index (χ0) is 16.9. The van der Waals surface area contributed by atoms with Crippen molar-refractivity contribution in [2.75, 3.05) is 13.1 Å². The lowest BCUT2D eigenvalue weighted by molar-refractivity contribution is 0.198. The van der Waals surface area contributed by atoms with E-state index in [1.165, 1.54) is 12.4 Å². The number of rotatable bonds is 4. The molecule has 0 aliphatic carbocycles. The number of hydrogen-bond acceptors (Lipinski definition) is 3. The molecule has 1 aromatic carbocycles. The molecule has 24 heavy (non-hydrogen) atoms. The van der Waals surface area contributed by atoms with Gasteiger partial charge in [0.05, 0.1) is 6.54 Å². The van der Waals surface area contributed by atoms with E-state index in [1.807, 2.05) is 19.1 Å². The van der Waals surface area contributed by atoms with E-state index in [1.54, 1.807) is 28.0 Å². The van der Waals surface area contributed by atoms with Crippen LogP contribution in [0.4, 0.5) is 9.18 Å². The maximum Gasteiger partial charge on any atom is 0.317 e. The van der Waals surface area contributed by atoms with Gasteiger partial charge in [-0.2, -0.15) is 5.10 Å². The molecular weight excluding hydrogens is 309 g/mol. The van der Waals surface area contributed by atoms with E-state index in [2.05, 4.69) is 15.4 Å². The third-order valence-corrected chi connectivity index (χ3v) is 4.01. The zero-order valence-electron chi connectivity index (χ0n) is 13.5. The normalized spacial score (nSPS) is 15.8. The van der Waals surface area contributed by atoms with E-state index in [9.17, 15) is 9.18 Å². The Labute approximate surface area is 140 Å². The van der Waals surface area contributed by atoms with Gasteiger partial charge >= 0.3 is 6.03 Å². The molecule has 0 radical (unpaired) electrons. The van der Waals surface area contributed by atoms with Crippen LogP contribution in [0.1, 0.15) is 18.9 Å². The first kappa shape index (κ1) is 16.2. The third kappa shape index (κ3) is 3.79. The molecule has 2 aromatic rings. The van der Waals surface area contributed by atoms with Crippen LogP contribution in [0.2, 0.25) is 0 Å². The molecule has 1 aliphatic rings. The van der Waals surface area contributed by atoms with Gasteiger partial charge in [-0.05, 0) is 25.0 Å². The Morgan fingerprint density at radius 3 is 2.92 bits per heavy atom. The quantitative estimate of drug-likeness (QED) is 0.936. The molecule has 2 amide bonds. The molecule has 0 bridgehead atoms. The number of aromatic nitrogens is 3. The fourth-order valence-corrected chi connectivity index (χ4v) is 2.78. The van der Waals surface area contributed by atoms with Crippen LogP contribution in [-0.4, -0.2) is 44.8 Å². The Hall–Kier alpha value is -2.70. The summed E-state index contributed by atoms with van der Waals surface area (Å²) in [6.07, 6.45) is 5.65. The molecule has 1 aliphatic heterocycles. The number of carbonyl (C=O) groups excluding carboxylic acids is 1. The van der Waals surface area contributed by atoms with E-state index in [-0.39, 0.29) is 17.9 Å². The highest BCUT2D eigenvalue weighted by atomic mass is 19.1. The Kier molecular flexibility index (Phi) is 4.88. The molecule has 2 heterocycles. The van der Waals surface area contributed by atoms with Crippen LogP contribution in [0.15, 0.2) is 43.0 Å². The minimum atomic E-state index is -0.219. The van der Waals surface area contributed by atoms with Gasteiger partial charge in [-0.15, -0.1) is 0 Å². The lowest BCUT2D eigenvalue weighted by Gasteiger charge is -2.28. The molecule has 1 aromatic heterocycles. The van der Waals surface area contributed by atoms with Crippen LogP contribution in [0.25, 0.3) is 5.57 Å². The number of urea groups is 1. The summed E-state index contributed by atoms with van der Waals surface area (Å²) < 4.78 is 15.5. The van der Waals surface area contributed by atoms with Gasteiger partial charge in [0.1, 0.15) is 18.5 Å². The average molecular weight is 329 g/mol. The molecule has 126 valence electrons. The van der Waals surface area contributed by atoms with Gasteiger partial charge in [0.25, 0.3) is 0 Å². The number of halogens is 1. The number of benzene rings is 1. The van der Waals surface area contributed by atoms with Gasteiger partial charge in [-0.1, -0.05) is 24.3 Å². The van der Waals surface area contributed by atoms with Gasteiger partial charge < -0.3 is 10.2 Å². The first-order valence-corrected chi connectivity index (χ1v) is 7.95. The Morgan fingerprint density at radius 1 is 1.42 bits per heavy atom. The second-order valence-corrected chi connectivity index (χ2v) is 5.87. The largest absolute Gasteiger partial charge is 0.334 e. The number of amides is 2. The molecule has 0 saturated carbocycles. The van der Waals surface area contributed by atoms with Gasteiger partial charge in [-0.25, -0.2) is 14.2 Å². The molecule has 0 unspecified atom stereocenters. The van der Waals surface area contributed by atoms with Crippen molar-refractivity contribution in [1.29, 1.82) is 0 Å². The van der Waals surface area contributed by atoms with Gasteiger partial charge in [0.2, 0.25) is 0 Å². The standard InChI is InChI=1S/C17H20FN5O/c1-13(10-23-12-19-11-20-23)21-17(24)22-8-6-14(7-9-22)15-4-2-3-5-16(15)18/h2-6,11-13H,7-10H2,1H3,(H,21,24)/t13-/m0/s1. The minimum Gasteiger partial charge on any atom is -0.334 e. The third-order valence-electron chi connectivity index (χ3n) is 4.01. The zero-order valence-corrected chi connectivity index (χ0v) is 13.5. The van der Waals surface area contributed by atoms with Gasteiger partial charge in [0.15, 0.2) is 0 Å². The predicted octanol–water partition coefficient (Wildman–Crippen LogP) is 2.30. The van der Waals surface area contributed by atoms with Crippen molar-refractivity contribution in [1.82, 2.24) is 25.0 Å². The summed E-state index contributed by atoms with van der Waals surface area (Å²) in [5.74, 6) is -0.219. The molecule has 3 rings (SSSR count). The fraction of sp³-hybridized carbons (Fsp3) is 0.353. The highest BCUT2D eigenvalue weighted by molar-refractivity contribution is 5.77. The molecule has 6 nitrogen and oxygen atoms in total. The van der Waals surface area contributed by atoms with Crippen LogP contribution in [0.3, 0.4) is 0 Å². The molecular formula is C17H20FN5O. The van der Waals surface area contributed by atoms with Crippen molar-refractivity contribution in [3.05, 3.63) is 54.4 Å². The topological polar surface area (TPSA) is 63.1 Å². The molecule has 0 saturated heterocycles. The van der Waals surface area contributed by atoms with E-state index in [4.69, 9.17) is 0 Å². The summed E-state index contributed by atoms with van der Waals surface area (Å²) in [5, 5.41) is 6.97. The monoisotopic (exact) mass is 329 g/mol. The number of nitrogens with zero attached hydrogens (tertiary/aromatic N) is 4. The molecule has 0 fully saturated rings. The minimum absolute atomic E-state index is 0.0591. The highest BCUT2D eigenvalue weighted by Gasteiger charge is 2.20. The van der Waals surface area contributed by atoms with Crippen LogP contribution in [0, 0.1) is 5.82 Å². The summed E-state index contributed by atoms with van der Waals surface area (Å²) in [6, 6.07) is 6.56. The summed E-state index contributed by atoms with van der Waals surface area (Å²) in [4.78, 5) is 17.9. The SMILES string of the molecule is C[C@@H](Cn1cncn1)NC(=O)N1CC=C(c2ccccc2F)CC1. The first-order chi connectivity index (χ1) is 11.6. The van der Waals surface area contributed by atoms with E-state index < -0.39 is 0 Å². The van der Waals surface area contributed by atoms with Crippen LogP contribution >= 0.6 is 0 Å². The Bertz CT molecular complexity index is 728. The predicted molar refractivity (Wildman–Crippen MR) is 88.6 cm³/mol. The van der Waals surface area contributed by atoms with Crippen molar-refractivity contribution >= 4 is 11.6 Å². The number of carbonyl (C=O) groups is 1. The second-order valence-electron chi connectivity index (χ2n) is 5.87. The molecule has 1 atom stereocenters. The van der Waals surface area contributed by atoms with Crippen molar-refractivity contribution < 1.29 is 9.18 Å². The first-order valence-electron chi connectivity index (χ1n) is 7.95. The van der Waals surface area contributed by atoms with Crippen LogP contribution in [0.5, 0.6) is 0 Å². The smallest absolute Gasteiger partial charge is 0.317 e. The van der Waals surface area contributed by atoms with Crippen LogP contribution < -0.4 is 5.32 Å². The summed E-state index contributed by atoms with van der Waals surface area (Å²) in [6.45, 7) is 3.54. The van der Waals surface area contributed by atoms with Crippen molar-refractivity contribution in [3.8, 4) is 0 Å². The maximum atomic E-state index is 13.8. The lowest BCUT2D eigenvalue weighted by Crippen LogP contribution is -2.46. The van der Waals surface area contributed by atoms with E-state index >= 15 is 0 Å². The Morgan fingerprint density at radius 2 is 2.25 bits per heavy atom. The van der Waals surface area contributed by atoms with Crippen molar-refractivity contribution in [2.24, 2.45) is 0 Å². The summed E-state index contributed by atoms with van der Waals surface area (Å²) in [7, 11) is 0. The average Bonchev–Trinajstić information content (AvgIpc) is 3.08. The summed E-state index contributed by atoms with van der Waals surface area (Å²) >= 11 is 0. The molecule has 7 heteroatoms. The van der Waals surface area contributed by atoms with Gasteiger partial charge in [-0.3, -0.25) is 4.68 Å². The number of nitrogens with one attached hydrogen (secondary N) is 1. The van der Waals surface area contributed by atoms with Crippen molar-refractivity contribution in [3.63, 3.8) is 0 Å². The molecule has 0 spiro atoms. The highest BCUT2D eigenvalue weighted by Crippen LogP contribution is 2.24.